The molecule has 0 aromatic heterocycles. The maximum atomic E-state index is 11.1. The zero-order valence-electron chi connectivity index (χ0n) is 6.41. The minimum Gasteiger partial charge on any atom is -0.293 e. The van der Waals surface area contributed by atoms with E-state index in [9.17, 15) is 4.79 Å². The Morgan fingerprint density at radius 1 is 1.50 bits per heavy atom. The van der Waals surface area contributed by atoms with Crippen molar-refractivity contribution in [2.75, 3.05) is 11.9 Å². The zero-order valence-corrected chi connectivity index (χ0v) is 8.00. The van der Waals surface area contributed by atoms with E-state index < -0.39 is 0 Å². The third-order valence-corrected chi connectivity index (χ3v) is 2.30. The average molecular weight is 226 g/mol. The lowest BCUT2D eigenvalue weighted by molar-refractivity contribution is 0.252. The number of carbonyl (C=O) groups excluding carboxylic acids is 1. The highest BCUT2D eigenvalue weighted by Gasteiger charge is 2.24. The van der Waals surface area contributed by atoms with Crippen molar-refractivity contribution in [3.8, 4) is 0 Å². The molecule has 0 saturated heterocycles. The van der Waals surface area contributed by atoms with Crippen LogP contribution in [0.25, 0.3) is 0 Å². The lowest BCUT2D eigenvalue weighted by Crippen LogP contribution is -2.22. The SMILES string of the molecule is CN1C(=O)[N]c2ccc(Br)cc21. The second-order valence-corrected chi connectivity index (χ2v) is 3.50. The van der Waals surface area contributed by atoms with Crippen LogP contribution in [0.15, 0.2) is 22.7 Å². The van der Waals surface area contributed by atoms with Gasteiger partial charge in [0.25, 0.3) is 0 Å². The van der Waals surface area contributed by atoms with E-state index in [0.717, 1.165) is 15.8 Å². The van der Waals surface area contributed by atoms with E-state index in [1.807, 2.05) is 18.2 Å². The van der Waals surface area contributed by atoms with Gasteiger partial charge in [0.2, 0.25) is 0 Å². The molecule has 1 radical (unpaired) electrons. The first-order valence-corrected chi connectivity index (χ1v) is 4.27. The molecule has 0 atom stereocenters. The highest BCUT2D eigenvalue weighted by Crippen LogP contribution is 2.33. The fraction of sp³-hybridized carbons (Fsp3) is 0.125. The minimum absolute atomic E-state index is 0.205. The number of rotatable bonds is 0. The first kappa shape index (κ1) is 7.61. The summed E-state index contributed by atoms with van der Waals surface area (Å²) in [6.07, 6.45) is 0. The summed E-state index contributed by atoms with van der Waals surface area (Å²) in [6, 6.07) is 5.36. The molecule has 0 spiro atoms. The summed E-state index contributed by atoms with van der Waals surface area (Å²) in [5, 5.41) is 3.84. The standard InChI is InChI=1S/C8H6BrN2O/c1-11-7-4-5(9)2-3-6(7)10-8(11)12/h2-4H,1H3. The van der Waals surface area contributed by atoms with Crippen LogP contribution in [0.4, 0.5) is 16.2 Å². The number of benzene rings is 1. The monoisotopic (exact) mass is 225 g/mol. The summed E-state index contributed by atoms with van der Waals surface area (Å²) >= 11 is 3.33. The Kier molecular flexibility index (Phi) is 1.58. The summed E-state index contributed by atoms with van der Waals surface area (Å²) in [4.78, 5) is 12.6. The number of halogens is 1. The summed E-state index contributed by atoms with van der Waals surface area (Å²) in [5.41, 5.74) is 1.60. The lowest BCUT2D eigenvalue weighted by Gasteiger charge is -2.06. The smallest absolute Gasteiger partial charge is 0.293 e. The van der Waals surface area contributed by atoms with Crippen molar-refractivity contribution in [1.82, 2.24) is 5.32 Å². The number of urea groups is 1. The minimum atomic E-state index is -0.205. The van der Waals surface area contributed by atoms with Gasteiger partial charge in [-0.1, -0.05) is 15.9 Å². The molecule has 0 aliphatic carbocycles. The van der Waals surface area contributed by atoms with Crippen LogP contribution in [0.2, 0.25) is 0 Å². The third-order valence-electron chi connectivity index (χ3n) is 1.80. The van der Waals surface area contributed by atoms with Gasteiger partial charge in [0, 0.05) is 11.5 Å². The van der Waals surface area contributed by atoms with Crippen molar-refractivity contribution in [3.05, 3.63) is 22.7 Å². The van der Waals surface area contributed by atoms with Gasteiger partial charge < -0.3 is 0 Å². The van der Waals surface area contributed by atoms with Crippen LogP contribution in [-0.2, 0) is 0 Å². The molecule has 2 rings (SSSR count). The highest BCUT2D eigenvalue weighted by molar-refractivity contribution is 9.10. The molecule has 1 heterocycles. The van der Waals surface area contributed by atoms with Gasteiger partial charge in [0.15, 0.2) is 0 Å². The van der Waals surface area contributed by atoms with Gasteiger partial charge in [-0.05, 0) is 18.2 Å². The van der Waals surface area contributed by atoms with Gasteiger partial charge in [-0.25, -0.2) is 4.79 Å². The van der Waals surface area contributed by atoms with Gasteiger partial charge in [0.1, 0.15) is 0 Å². The fourth-order valence-corrected chi connectivity index (χ4v) is 1.49. The molecule has 1 aromatic rings. The maximum absolute atomic E-state index is 11.1. The molecule has 61 valence electrons. The number of hydrogen-bond acceptors (Lipinski definition) is 1. The van der Waals surface area contributed by atoms with Crippen LogP contribution >= 0.6 is 15.9 Å². The number of nitrogens with zero attached hydrogens (tertiary/aromatic N) is 2. The van der Waals surface area contributed by atoms with E-state index in [-0.39, 0.29) is 6.03 Å². The Morgan fingerprint density at radius 3 is 3.00 bits per heavy atom. The van der Waals surface area contributed by atoms with Gasteiger partial charge >= 0.3 is 6.03 Å². The normalized spacial score (nSPS) is 14.5. The van der Waals surface area contributed by atoms with Crippen LogP contribution in [-0.4, -0.2) is 13.1 Å². The molecule has 1 aliphatic heterocycles. The molecular formula is C8H6BrN2O. The molecule has 0 N–H and O–H groups in total. The van der Waals surface area contributed by atoms with Crippen LogP contribution in [0, 0.1) is 0 Å². The van der Waals surface area contributed by atoms with Gasteiger partial charge in [-0.2, -0.15) is 5.32 Å². The number of hydrogen-bond donors (Lipinski definition) is 0. The molecule has 1 aromatic carbocycles. The third kappa shape index (κ3) is 0.992. The number of carbonyl (C=O) groups is 1. The molecule has 12 heavy (non-hydrogen) atoms. The van der Waals surface area contributed by atoms with Crippen LogP contribution in [0.3, 0.4) is 0 Å². The number of fused-ring (bicyclic) bond motifs is 1. The second kappa shape index (κ2) is 2.48. The Hall–Kier alpha value is -1.03. The first-order valence-electron chi connectivity index (χ1n) is 3.47. The molecule has 0 fully saturated rings. The summed E-state index contributed by atoms with van der Waals surface area (Å²) in [6.45, 7) is 0. The van der Waals surface area contributed by atoms with Crippen molar-refractivity contribution in [1.29, 1.82) is 0 Å². The van der Waals surface area contributed by atoms with Crippen LogP contribution in [0.5, 0.6) is 0 Å². The van der Waals surface area contributed by atoms with E-state index in [4.69, 9.17) is 0 Å². The Bertz CT molecular complexity index is 351. The van der Waals surface area contributed by atoms with Crippen molar-refractivity contribution in [3.63, 3.8) is 0 Å². The van der Waals surface area contributed by atoms with E-state index in [2.05, 4.69) is 21.2 Å². The highest BCUT2D eigenvalue weighted by atomic mass is 79.9. The van der Waals surface area contributed by atoms with Gasteiger partial charge in [0.05, 0.1) is 11.4 Å². The lowest BCUT2D eigenvalue weighted by atomic mass is 10.3. The average Bonchev–Trinajstić information content (AvgIpc) is 2.31. The molecule has 3 nitrogen and oxygen atoms in total. The van der Waals surface area contributed by atoms with Gasteiger partial charge in [-0.15, -0.1) is 0 Å². The molecule has 2 amide bonds. The van der Waals surface area contributed by atoms with Crippen molar-refractivity contribution >= 4 is 33.3 Å². The predicted octanol–water partition coefficient (Wildman–Crippen LogP) is 2.25. The summed E-state index contributed by atoms with van der Waals surface area (Å²) < 4.78 is 0.956. The number of amides is 2. The Morgan fingerprint density at radius 2 is 2.25 bits per heavy atom. The summed E-state index contributed by atoms with van der Waals surface area (Å²) in [5.74, 6) is 0. The fourth-order valence-electron chi connectivity index (χ4n) is 1.14. The molecule has 0 bridgehead atoms. The largest absolute Gasteiger partial charge is 0.348 e. The first-order chi connectivity index (χ1) is 5.68. The summed E-state index contributed by atoms with van der Waals surface area (Å²) in [7, 11) is 1.71. The van der Waals surface area contributed by atoms with Crippen molar-refractivity contribution in [2.24, 2.45) is 0 Å². The second-order valence-electron chi connectivity index (χ2n) is 2.59. The maximum Gasteiger partial charge on any atom is 0.348 e. The van der Waals surface area contributed by atoms with E-state index in [0.29, 0.717) is 0 Å². The quantitative estimate of drug-likeness (QED) is 0.668. The topological polar surface area (TPSA) is 34.4 Å². The Labute approximate surface area is 78.5 Å². The molecular weight excluding hydrogens is 220 g/mol. The van der Waals surface area contributed by atoms with Crippen LogP contribution < -0.4 is 10.2 Å². The van der Waals surface area contributed by atoms with E-state index >= 15 is 0 Å². The van der Waals surface area contributed by atoms with Crippen LogP contribution in [0.1, 0.15) is 0 Å². The molecule has 0 unspecified atom stereocenters. The number of anilines is 1. The predicted molar refractivity (Wildman–Crippen MR) is 49.7 cm³/mol. The Balaban J connectivity index is 2.55. The molecule has 4 heteroatoms. The molecule has 1 aliphatic rings. The van der Waals surface area contributed by atoms with Crippen molar-refractivity contribution < 1.29 is 4.79 Å². The van der Waals surface area contributed by atoms with Crippen molar-refractivity contribution in [2.45, 2.75) is 0 Å². The van der Waals surface area contributed by atoms with E-state index in [1.54, 1.807) is 7.05 Å². The van der Waals surface area contributed by atoms with E-state index in [1.165, 1.54) is 4.90 Å². The zero-order chi connectivity index (χ0) is 8.72. The molecule has 0 saturated carbocycles. The van der Waals surface area contributed by atoms with Gasteiger partial charge in [-0.3, -0.25) is 4.90 Å².